The smallest absolute Gasteiger partial charge is 0.0809 e. The Labute approximate surface area is 208 Å². The first kappa shape index (κ1) is 25.5. The van der Waals surface area contributed by atoms with E-state index in [-0.39, 0.29) is 0 Å². The minimum atomic E-state index is 1.33. The maximum absolute atomic E-state index is 3.06. The largest absolute Gasteiger partial charge is 0.184 e. The van der Waals surface area contributed by atoms with Crippen LogP contribution in [0.1, 0.15) is 0 Å². The third-order valence-electron chi connectivity index (χ3n) is 4.31. The third kappa shape index (κ3) is 10.0. The molecule has 0 saturated heterocycles. The minimum Gasteiger partial charge on any atom is -0.184 e. The van der Waals surface area contributed by atoms with Gasteiger partial charge < -0.3 is 0 Å². The van der Waals surface area contributed by atoms with Gasteiger partial charge in [0.05, 0.1) is 0 Å². The van der Waals surface area contributed by atoms with Gasteiger partial charge in [0, 0.05) is 0 Å². The fourth-order valence-corrected chi connectivity index (χ4v) is 2.82. The third-order valence-corrected chi connectivity index (χ3v) is 4.31. The predicted molar refractivity (Wildman–Crippen MR) is 135 cm³/mol. The van der Waals surface area contributed by atoms with Crippen LogP contribution >= 0.6 is 0 Å². The first-order valence-corrected chi connectivity index (χ1v) is 14.4. The molecule has 0 aromatic heterocycles. The van der Waals surface area contributed by atoms with Gasteiger partial charge in [-0.25, -0.2) is 0 Å². The van der Waals surface area contributed by atoms with Crippen molar-refractivity contribution in [2.45, 2.75) is 0 Å². The van der Waals surface area contributed by atoms with E-state index in [9.17, 15) is 0 Å². The molecule has 156 valence electrons. The summed E-state index contributed by atoms with van der Waals surface area (Å²) in [6, 6.07) is 54.3. The second-order valence-electron chi connectivity index (χ2n) is 6.46. The Morgan fingerprint density at radius 1 is 0.469 bits per heavy atom. The normalized spacial score (nSPS) is 8.84. The van der Waals surface area contributed by atoms with Gasteiger partial charge in [0.25, 0.3) is 0 Å². The van der Waals surface area contributed by atoms with E-state index in [2.05, 4.69) is 104 Å². The zero-order chi connectivity index (χ0) is 22.7. The number of hydrogen-bond acceptors (Lipinski definition) is 0. The van der Waals surface area contributed by atoms with E-state index >= 15 is 0 Å². The van der Waals surface area contributed by atoms with Gasteiger partial charge in [-0.15, -0.1) is 59.3 Å². The molecule has 0 spiro atoms. The average Bonchev–Trinajstić information content (AvgIpc) is 3.58. The molecule has 0 aliphatic heterocycles. The standard InChI is InChI=1S/2C9H7.2C6H5.Si.Zr/c2*1-2-5-9-7-3-6-8(9)4-1;2*1-2-4-6-5-3-1;;/h2*1-7H;2*1-5H;;/q4*-1;;. The summed E-state index contributed by atoms with van der Waals surface area (Å²) in [5.74, 6) is 0. The van der Waals surface area contributed by atoms with Crippen molar-refractivity contribution in [3.05, 3.63) is 158 Å². The zero-order valence-corrected chi connectivity index (χ0v) is 21.3. The first-order valence-electron chi connectivity index (χ1n) is 10.2. The van der Waals surface area contributed by atoms with E-state index < -0.39 is 0 Å². The van der Waals surface area contributed by atoms with Crippen LogP contribution in [0.2, 0.25) is 0 Å². The molecule has 2 heteroatoms. The van der Waals surface area contributed by atoms with Crippen molar-refractivity contribution in [2.24, 2.45) is 0 Å². The van der Waals surface area contributed by atoms with E-state index in [0.717, 1.165) is 0 Å². The molecule has 0 heterocycles. The van der Waals surface area contributed by atoms with Gasteiger partial charge >= 0.3 is 30.2 Å². The molecule has 6 rings (SSSR count). The van der Waals surface area contributed by atoms with Gasteiger partial charge in [-0.2, -0.15) is 108 Å². The Bertz CT molecular complexity index is 995. The molecular formula is C30H24SiZr-4. The molecule has 6 aromatic rings. The average molecular weight is 504 g/mol. The molecule has 0 aliphatic rings. The summed E-state index contributed by atoms with van der Waals surface area (Å²) in [7, 11) is 0. The summed E-state index contributed by atoms with van der Waals surface area (Å²) in [6.45, 7) is 3.06. The van der Waals surface area contributed by atoms with Crippen LogP contribution < -0.4 is 0 Å². The molecule has 0 atom stereocenters. The maximum atomic E-state index is 3.06. The monoisotopic (exact) mass is 502 g/mol. The number of rotatable bonds is 0. The summed E-state index contributed by atoms with van der Waals surface area (Å²) < 4.78 is 0. The van der Waals surface area contributed by atoms with Crippen LogP contribution in [0, 0.1) is 12.1 Å². The van der Waals surface area contributed by atoms with E-state index in [1.807, 2.05) is 60.7 Å². The summed E-state index contributed by atoms with van der Waals surface area (Å²) >= 11 is 1.36. The van der Waals surface area contributed by atoms with Crippen LogP contribution in [0.5, 0.6) is 0 Å². The van der Waals surface area contributed by atoms with Crippen LogP contribution in [0.3, 0.4) is 0 Å². The Morgan fingerprint density at radius 3 is 1.12 bits per heavy atom. The summed E-state index contributed by atoms with van der Waals surface area (Å²) in [5, 5.41) is 5.32. The van der Waals surface area contributed by atoms with Crippen LogP contribution in [-0.4, -0.2) is 6.88 Å². The summed E-state index contributed by atoms with van der Waals surface area (Å²) in [6.07, 6.45) is 0. The Balaban J connectivity index is 0.000000150. The molecule has 0 fully saturated rings. The molecule has 2 radical (unpaired) electrons. The van der Waals surface area contributed by atoms with Crippen molar-refractivity contribution in [2.75, 3.05) is 0 Å². The Morgan fingerprint density at radius 2 is 0.844 bits per heavy atom. The maximum Gasteiger partial charge on any atom is -0.0809 e. The van der Waals surface area contributed by atoms with Gasteiger partial charge in [-0.05, 0) is 0 Å². The van der Waals surface area contributed by atoms with E-state index in [4.69, 9.17) is 0 Å². The van der Waals surface area contributed by atoms with Crippen molar-refractivity contribution in [3.63, 3.8) is 0 Å². The number of hydrogen-bond donors (Lipinski definition) is 0. The predicted octanol–water partition coefficient (Wildman–Crippen LogP) is 7.71. The molecule has 6 aromatic carbocycles. The molecule has 0 amide bonds. The molecule has 0 N–H and O–H groups in total. The number of fused-ring (bicyclic) bond motifs is 2. The Hall–Kier alpha value is -2.80. The Kier molecular flexibility index (Phi) is 13.4. The van der Waals surface area contributed by atoms with Gasteiger partial charge in [0.2, 0.25) is 0 Å². The van der Waals surface area contributed by atoms with E-state index in [1.54, 1.807) is 0 Å². The van der Waals surface area contributed by atoms with Crippen molar-refractivity contribution in [1.82, 2.24) is 0 Å². The summed E-state index contributed by atoms with van der Waals surface area (Å²) in [4.78, 5) is 0. The van der Waals surface area contributed by atoms with Gasteiger partial charge in [0.15, 0.2) is 0 Å². The van der Waals surface area contributed by atoms with Crippen molar-refractivity contribution < 1.29 is 23.3 Å². The molecule has 0 bridgehead atoms. The van der Waals surface area contributed by atoms with E-state index in [1.165, 1.54) is 44.9 Å². The van der Waals surface area contributed by atoms with E-state index in [0.29, 0.717) is 0 Å². The fraction of sp³-hybridized carbons (Fsp3) is 0. The molecule has 0 unspecified atom stereocenters. The van der Waals surface area contributed by atoms with Crippen molar-refractivity contribution in [1.29, 1.82) is 0 Å². The number of benzene rings is 4. The van der Waals surface area contributed by atoms with Crippen LogP contribution in [-0.2, 0) is 23.3 Å². The van der Waals surface area contributed by atoms with Gasteiger partial charge in [-0.3, -0.25) is 0 Å². The van der Waals surface area contributed by atoms with Crippen LogP contribution in [0.15, 0.2) is 146 Å². The molecular weight excluding hydrogens is 480 g/mol. The van der Waals surface area contributed by atoms with Gasteiger partial charge in [-0.1, -0.05) is 12.1 Å². The summed E-state index contributed by atoms with van der Waals surface area (Å²) in [5.41, 5.74) is 0. The van der Waals surface area contributed by atoms with Crippen LogP contribution in [0.25, 0.3) is 21.5 Å². The van der Waals surface area contributed by atoms with Crippen LogP contribution in [0.4, 0.5) is 0 Å². The molecule has 0 nitrogen and oxygen atoms in total. The molecule has 32 heavy (non-hydrogen) atoms. The van der Waals surface area contributed by atoms with Gasteiger partial charge in [0.1, 0.15) is 0 Å². The topological polar surface area (TPSA) is 0 Å². The molecule has 0 aliphatic carbocycles. The molecule has 0 saturated carbocycles. The zero-order valence-electron chi connectivity index (χ0n) is 17.9. The fourth-order valence-electron chi connectivity index (χ4n) is 2.82. The quantitative estimate of drug-likeness (QED) is 0.147. The SMILES string of the molecule is [Si]=[Zr].[c-]1ccccc1.[c-]1ccccc1.c1ccc2[cH-]ccc2c1.c1ccc2[cH-]ccc2c1. The minimum absolute atomic E-state index is 1.33. The second kappa shape index (κ2) is 16.8. The second-order valence-corrected chi connectivity index (χ2v) is 6.46. The first-order chi connectivity index (χ1) is 15.9. The van der Waals surface area contributed by atoms with Crippen molar-refractivity contribution in [3.8, 4) is 0 Å². The van der Waals surface area contributed by atoms with Crippen molar-refractivity contribution >= 4 is 28.4 Å².